The zero-order chi connectivity index (χ0) is 19.2. The first-order chi connectivity index (χ1) is 13.1. The van der Waals surface area contributed by atoms with Gasteiger partial charge in [0.1, 0.15) is 6.04 Å². The summed E-state index contributed by atoms with van der Waals surface area (Å²) >= 11 is 0. The Kier molecular flexibility index (Phi) is 6.08. The number of carbonyl (C=O) groups is 2. The van der Waals surface area contributed by atoms with Gasteiger partial charge in [0.05, 0.1) is 6.20 Å². The molecule has 0 bridgehead atoms. The van der Waals surface area contributed by atoms with Crippen molar-refractivity contribution in [2.24, 2.45) is 7.05 Å². The number of hydrogen-bond donors (Lipinski definition) is 3. The van der Waals surface area contributed by atoms with Crippen molar-refractivity contribution < 1.29 is 9.59 Å². The maximum atomic E-state index is 12.5. The number of likely N-dealkylation sites (N-methyl/N-ethyl adjacent to an activating group) is 1. The minimum Gasteiger partial charge on any atom is -0.350 e. The van der Waals surface area contributed by atoms with E-state index in [0.29, 0.717) is 6.54 Å². The molecule has 0 aliphatic carbocycles. The average molecular weight is 370 g/mol. The van der Waals surface area contributed by atoms with Crippen molar-refractivity contribution in [2.45, 2.75) is 25.4 Å². The number of aryl methyl sites for hydroxylation is 1. The summed E-state index contributed by atoms with van der Waals surface area (Å²) in [5, 5.41) is 13.0. The quantitative estimate of drug-likeness (QED) is 0.721. The monoisotopic (exact) mass is 370 g/mol. The molecule has 3 rings (SSSR count). The van der Waals surface area contributed by atoms with Gasteiger partial charge in [0.15, 0.2) is 0 Å². The van der Waals surface area contributed by atoms with Crippen LogP contribution in [0.3, 0.4) is 0 Å². The van der Waals surface area contributed by atoms with Gasteiger partial charge in [-0.05, 0) is 37.6 Å². The second-order valence-corrected chi connectivity index (χ2v) is 6.71. The van der Waals surface area contributed by atoms with Gasteiger partial charge in [0.2, 0.25) is 5.91 Å². The molecule has 2 heterocycles. The van der Waals surface area contributed by atoms with Gasteiger partial charge in [0, 0.05) is 44.1 Å². The molecule has 1 unspecified atom stereocenters. The van der Waals surface area contributed by atoms with E-state index in [4.69, 9.17) is 0 Å². The van der Waals surface area contributed by atoms with Crippen LogP contribution in [0.15, 0.2) is 36.7 Å². The predicted molar refractivity (Wildman–Crippen MR) is 103 cm³/mol. The summed E-state index contributed by atoms with van der Waals surface area (Å²) in [6.07, 6.45) is 5.61. The normalized spacial score (nSPS) is 14.8. The molecule has 3 N–H and O–H groups in total. The van der Waals surface area contributed by atoms with E-state index in [1.165, 1.54) is 0 Å². The zero-order valence-corrected chi connectivity index (χ0v) is 15.7. The van der Waals surface area contributed by atoms with E-state index < -0.39 is 6.04 Å². The summed E-state index contributed by atoms with van der Waals surface area (Å²) in [6, 6.07) is 7.00. The van der Waals surface area contributed by atoms with Crippen molar-refractivity contribution in [3.63, 3.8) is 0 Å². The van der Waals surface area contributed by atoms with Crippen LogP contribution in [0.25, 0.3) is 0 Å². The van der Waals surface area contributed by atoms with Crippen LogP contribution < -0.4 is 16.0 Å². The van der Waals surface area contributed by atoms with Crippen LogP contribution in [0.2, 0.25) is 0 Å². The number of nitrogens with zero attached hydrogens (tertiary/aromatic N) is 3. The van der Waals surface area contributed by atoms with E-state index in [9.17, 15) is 9.59 Å². The zero-order valence-electron chi connectivity index (χ0n) is 15.7. The minimum atomic E-state index is -0.461. The SMILES string of the molecule is CNC(C(=O)NCc1cccc(NC(=O)N2CCCC2)c1)c1cnn(C)c1. The van der Waals surface area contributed by atoms with Gasteiger partial charge in [-0.3, -0.25) is 9.48 Å². The maximum Gasteiger partial charge on any atom is 0.321 e. The van der Waals surface area contributed by atoms with E-state index in [-0.39, 0.29) is 11.9 Å². The maximum absolute atomic E-state index is 12.5. The van der Waals surface area contributed by atoms with E-state index in [1.54, 1.807) is 17.9 Å². The molecule has 1 aromatic carbocycles. The third kappa shape index (κ3) is 4.85. The number of benzene rings is 1. The van der Waals surface area contributed by atoms with Crippen molar-refractivity contribution in [1.82, 2.24) is 25.3 Å². The molecule has 3 amide bonds. The lowest BCUT2D eigenvalue weighted by molar-refractivity contribution is -0.123. The molecule has 0 spiro atoms. The smallest absolute Gasteiger partial charge is 0.321 e. The standard InChI is InChI=1S/C19H26N6O2/c1-20-17(15-12-22-24(2)13-15)18(26)21-11-14-6-5-7-16(10-14)23-19(27)25-8-3-4-9-25/h5-7,10,12-13,17,20H,3-4,8-9,11H2,1-2H3,(H,21,26)(H,23,27). The second kappa shape index (κ2) is 8.68. The highest BCUT2D eigenvalue weighted by Gasteiger charge is 2.20. The van der Waals surface area contributed by atoms with Gasteiger partial charge in [0.25, 0.3) is 0 Å². The van der Waals surface area contributed by atoms with Gasteiger partial charge in [-0.25, -0.2) is 4.79 Å². The number of carbonyl (C=O) groups excluding carboxylic acids is 2. The molecule has 1 aliphatic rings. The van der Waals surface area contributed by atoms with Gasteiger partial charge in [-0.1, -0.05) is 12.1 Å². The Morgan fingerprint density at radius 3 is 2.70 bits per heavy atom. The molecular weight excluding hydrogens is 344 g/mol. The molecule has 144 valence electrons. The lowest BCUT2D eigenvalue weighted by Gasteiger charge is -2.17. The molecular formula is C19H26N6O2. The second-order valence-electron chi connectivity index (χ2n) is 6.71. The van der Waals surface area contributed by atoms with E-state index in [1.807, 2.05) is 42.4 Å². The van der Waals surface area contributed by atoms with Crippen molar-refractivity contribution >= 4 is 17.6 Å². The highest BCUT2D eigenvalue weighted by Crippen LogP contribution is 2.15. The molecule has 1 aromatic heterocycles. The van der Waals surface area contributed by atoms with Crippen LogP contribution in [0.1, 0.15) is 30.0 Å². The number of aromatic nitrogens is 2. The van der Waals surface area contributed by atoms with Crippen molar-refractivity contribution in [2.75, 3.05) is 25.5 Å². The predicted octanol–water partition coefficient (Wildman–Crippen LogP) is 1.62. The Bertz CT molecular complexity index is 797. The number of nitrogens with one attached hydrogen (secondary N) is 3. The first-order valence-corrected chi connectivity index (χ1v) is 9.15. The Balaban J connectivity index is 1.57. The lowest BCUT2D eigenvalue weighted by atomic mass is 10.1. The number of rotatable bonds is 6. The molecule has 1 fully saturated rings. The molecule has 1 aliphatic heterocycles. The van der Waals surface area contributed by atoms with Crippen LogP contribution in [0, 0.1) is 0 Å². The number of urea groups is 1. The first kappa shape index (κ1) is 18.9. The van der Waals surface area contributed by atoms with Gasteiger partial charge in [-0.15, -0.1) is 0 Å². The minimum absolute atomic E-state index is 0.0690. The third-order valence-corrected chi connectivity index (χ3v) is 4.65. The topological polar surface area (TPSA) is 91.3 Å². The molecule has 1 saturated heterocycles. The molecule has 0 saturated carbocycles. The summed E-state index contributed by atoms with van der Waals surface area (Å²) in [5.74, 6) is -0.128. The molecule has 2 aromatic rings. The fourth-order valence-electron chi connectivity index (χ4n) is 3.21. The molecule has 8 heteroatoms. The highest BCUT2D eigenvalue weighted by atomic mass is 16.2. The Hall–Kier alpha value is -2.87. The van der Waals surface area contributed by atoms with Crippen LogP contribution in [0.4, 0.5) is 10.5 Å². The van der Waals surface area contributed by atoms with Gasteiger partial charge < -0.3 is 20.9 Å². The lowest BCUT2D eigenvalue weighted by Crippen LogP contribution is -2.35. The summed E-state index contributed by atoms with van der Waals surface area (Å²) < 4.78 is 1.67. The van der Waals surface area contributed by atoms with Crippen LogP contribution in [-0.4, -0.2) is 46.8 Å². The number of hydrogen-bond acceptors (Lipinski definition) is 4. The first-order valence-electron chi connectivity index (χ1n) is 9.15. The van der Waals surface area contributed by atoms with E-state index >= 15 is 0 Å². The third-order valence-electron chi connectivity index (χ3n) is 4.65. The largest absolute Gasteiger partial charge is 0.350 e. The summed E-state index contributed by atoms with van der Waals surface area (Å²) in [6.45, 7) is 1.99. The Labute approximate surface area is 158 Å². The van der Waals surface area contributed by atoms with Crippen molar-refractivity contribution in [3.8, 4) is 0 Å². The molecule has 27 heavy (non-hydrogen) atoms. The Morgan fingerprint density at radius 1 is 1.26 bits per heavy atom. The summed E-state index contributed by atoms with van der Waals surface area (Å²) in [7, 11) is 3.56. The van der Waals surface area contributed by atoms with Gasteiger partial charge >= 0.3 is 6.03 Å². The highest BCUT2D eigenvalue weighted by molar-refractivity contribution is 5.89. The van der Waals surface area contributed by atoms with Crippen LogP contribution >= 0.6 is 0 Å². The molecule has 1 atom stereocenters. The van der Waals surface area contributed by atoms with E-state index in [2.05, 4.69) is 21.0 Å². The average Bonchev–Trinajstić information content (AvgIpc) is 3.33. The van der Waals surface area contributed by atoms with Gasteiger partial charge in [-0.2, -0.15) is 5.10 Å². The summed E-state index contributed by atoms with van der Waals surface area (Å²) in [4.78, 5) is 26.5. The molecule has 8 nitrogen and oxygen atoms in total. The number of likely N-dealkylation sites (tertiary alicyclic amines) is 1. The van der Waals surface area contributed by atoms with Crippen LogP contribution in [-0.2, 0) is 18.4 Å². The molecule has 0 radical (unpaired) electrons. The summed E-state index contributed by atoms with van der Waals surface area (Å²) in [5.41, 5.74) is 2.46. The fraction of sp³-hybridized carbons (Fsp3) is 0.421. The van der Waals surface area contributed by atoms with Crippen molar-refractivity contribution in [1.29, 1.82) is 0 Å². The van der Waals surface area contributed by atoms with Crippen molar-refractivity contribution in [3.05, 3.63) is 47.8 Å². The van der Waals surface area contributed by atoms with Crippen LogP contribution in [0.5, 0.6) is 0 Å². The number of anilines is 1. The fourth-order valence-corrected chi connectivity index (χ4v) is 3.21. The Morgan fingerprint density at radius 2 is 2.04 bits per heavy atom. The number of amides is 3. The van der Waals surface area contributed by atoms with E-state index in [0.717, 1.165) is 42.7 Å².